The summed E-state index contributed by atoms with van der Waals surface area (Å²) in [4.78, 5) is 45.1. The third-order valence-corrected chi connectivity index (χ3v) is 3.67. The van der Waals surface area contributed by atoms with Crippen molar-refractivity contribution in [1.82, 2.24) is 0 Å². The second-order valence-electron chi connectivity index (χ2n) is 5.05. The van der Waals surface area contributed by atoms with Gasteiger partial charge in [-0.1, -0.05) is 15.9 Å². The predicted molar refractivity (Wildman–Crippen MR) is 80.9 cm³/mol. The van der Waals surface area contributed by atoms with Crippen LogP contribution in [0.5, 0.6) is 0 Å². The lowest BCUT2D eigenvalue weighted by Crippen LogP contribution is -2.60. The highest BCUT2D eigenvalue weighted by Crippen LogP contribution is 2.31. The lowest BCUT2D eigenvalue weighted by atomic mass is 9.99. The number of carbonyl (C=O) groups is 4. The van der Waals surface area contributed by atoms with Crippen molar-refractivity contribution in [3.8, 4) is 0 Å². The Morgan fingerprint density at radius 2 is 1.25 bits per heavy atom. The van der Waals surface area contributed by atoms with E-state index in [1.165, 1.54) is 13.8 Å². The zero-order chi connectivity index (χ0) is 18.4. The minimum Gasteiger partial charge on any atom is -0.463 e. The molecule has 1 aliphatic heterocycles. The van der Waals surface area contributed by atoms with E-state index < -0.39 is 53.3 Å². The monoisotopic (exact) mass is 410 g/mol. The van der Waals surface area contributed by atoms with Gasteiger partial charge in [0, 0.05) is 27.7 Å². The van der Waals surface area contributed by atoms with Crippen molar-refractivity contribution >= 4 is 39.8 Å². The van der Waals surface area contributed by atoms with Crippen molar-refractivity contribution in [2.24, 2.45) is 0 Å². The van der Waals surface area contributed by atoms with Crippen LogP contribution in [-0.4, -0.2) is 59.9 Å². The fourth-order valence-electron chi connectivity index (χ4n) is 2.18. The van der Waals surface area contributed by atoms with Crippen LogP contribution in [0, 0.1) is 0 Å². The van der Waals surface area contributed by atoms with Gasteiger partial charge in [0.15, 0.2) is 23.3 Å². The number of ether oxygens (including phenoxy) is 5. The van der Waals surface area contributed by atoms with Crippen LogP contribution in [0.1, 0.15) is 27.7 Å². The summed E-state index contributed by atoms with van der Waals surface area (Å²) in [5.41, 5.74) is 0. The number of rotatable bonds is 5. The first-order valence-corrected chi connectivity index (χ1v) is 7.98. The average molecular weight is 411 g/mol. The molecule has 1 fully saturated rings. The standard InChI is InChI=1S/C14H19BrO9/c1-6(16)20-5-10-11(21-7(2)17)12(22-8(3)18)13(14(15)24-10)23-9(4)19/h10-14H,5H2,1-4H3/t10?,11-,12+,13?,14?/m0/s1. The quantitative estimate of drug-likeness (QED) is 0.362. The van der Waals surface area contributed by atoms with Gasteiger partial charge in [0.05, 0.1) is 0 Å². The van der Waals surface area contributed by atoms with E-state index >= 15 is 0 Å². The molecule has 0 aromatic rings. The highest BCUT2D eigenvalue weighted by atomic mass is 79.9. The maximum Gasteiger partial charge on any atom is 0.303 e. The van der Waals surface area contributed by atoms with Crippen LogP contribution >= 0.6 is 15.9 Å². The van der Waals surface area contributed by atoms with Gasteiger partial charge in [-0.15, -0.1) is 0 Å². The summed E-state index contributed by atoms with van der Waals surface area (Å²) in [5.74, 6) is -2.52. The third kappa shape index (κ3) is 6.08. The zero-order valence-corrected chi connectivity index (χ0v) is 15.2. The molecule has 10 heteroatoms. The van der Waals surface area contributed by atoms with Crippen LogP contribution in [0.4, 0.5) is 0 Å². The van der Waals surface area contributed by atoms with Gasteiger partial charge in [0.25, 0.3) is 0 Å². The SMILES string of the molecule is CC(=O)OCC1OC(Br)C(OC(C)=O)[C@H](OC(C)=O)[C@H]1OC(C)=O. The van der Waals surface area contributed by atoms with E-state index in [1.807, 2.05) is 0 Å². The van der Waals surface area contributed by atoms with Crippen LogP contribution < -0.4 is 0 Å². The van der Waals surface area contributed by atoms with Gasteiger partial charge in [-0.2, -0.15) is 0 Å². The topological polar surface area (TPSA) is 114 Å². The molecule has 24 heavy (non-hydrogen) atoms. The molecule has 0 saturated carbocycles. The predicted octanol–water partition coefficient (Wildman–Crippen LogP) is 0.464. The molecule has 9 nitrogen and oxygen atoms in total. The third-order valence-electron chi connectivity index (χ3n) is 2.93. The van der Waals surface area contributed by atoms with Crippen molar-refractivity contribution in [2.45, 2.75) is 57.1 Å². The molecular weight excluding hydrogens is 392 g/mol. The van der Waals surface area contributed by atoms with E-state index in [9.17, 15) is 19.2 Å². The van der Waals surface area contributed by atoms with Crippen molar-refractivity contribution in [1.29, 1.82) is 0 Å². The lowest BCUT2D eigenvalue weighted by molar-refractivity contribution is -0.236. The maximum absolute atomic E-state index is 11.4. The molecule has 1 saturated heterocycles. The molecule has 0 spiro atoms. The van der Waals surface area contributed by atoms with Gasteiger partial charge in [-0.3, -0.25) is 19.2 Å². The van der Waals surface area contributed by atoms with Crippen molar-refractivity contribution < 1.29 is 42.9 Å². The van der Waals surface area contributed by atoms with E-state index in [1.54, 1.807) is 0 Å². The minimum absolute atomic E-state index is 0.236. The Hall–Kier alpha value is -1.68. The molecule has 0 radical (unpaired) electrons. The Bertz CT molecular complexity index is 506. The molecule has 0 bridgehead atoms. The van der Waals surface area contributed by atoms with Crippen LogP contribution in [-0.2, 0) is 42.9 Å². The Kier molecular flexibility index (Phi) is 7.61. The van der Waals surface area contributed by atoms with Crippen LogP contribution in [0.3, 0.4) is 0 Å². The maximum atomic E-state index is 11.4. The summed E-state index contributed by atoms with van der Waals surface area (Å²) in [7, 11) is 0. The molecule has 1 rings (SSSR count). The first kappa shape index (κ1) is 20.4. The summed E-state index contributed by atoms with van der Waals surface area (Å²) < 4.78 is 25.9. The summed E-state index contributed by atoms with van der Waals surface area (Å²) in [6.07, 6.45) is -4.22. The highest BCUT2D eigenvalue weighted by Gasteiger charge is 2.51. The molecule has 0 aromatic heterocycles. The van der Waals surface area contributed by atoms with Crippen LogP contribution in [0.15, 0.2) is 0 Å². The molecule has 3 unspecified atom stereocenters. The Morgan fingerprint density at radius 3 is 1.71 bits per heavy atom. The average Bonchev–Trinajstić information content (AvgIpc) is 2.42. The van der Waals surface area contributed by atoms with Crippen LogP contribution in [0.25, 0.3) is 0 Å². The second-order valence-corrected chi connectivity index (χ2v) is 5.95. The highest BCUT2D eigenvalue weighted by molar-refractivity contribution is 9.09. The largest absolute Gasteiger partial charge is 0.463 e. The fourth-order valence-corrected chi connectivity index (χ4v) is 2.86. The van der Waals surface area contributed by atoms with Crippen LogP contribution in [0.2, 0.25) is 0 Å². The first-order valence-electron chi connectivity index (χ1n) is 7.06. The molecule has 1 aliphatic rings. The number of carbonyl (C=O) groups excluding carboxylic acids is 4. The van der Waals surface area contributed by atoms with Gasteiger partial charge in [-0.25, -0.2) is 0 Å². The summed E-state index contributed by atoms with van der Waals surface area (Å²) in [6, 6.07) is 0. The Balaban J connectivity index is 3.11. The van der Waals surface area contributed by atoms with Crippen molar-refractivity contribution in [3.63, 3.8) is 0 Å². The second kappa shape index (κ2) is 8.97. The first-order chi connectivity index (χ1) is 11.1. The van der Waals surface area contributed by atoms with E-state index in [0.717, 1.165) is 13.8 Å². The normalized spacial score (nSPS) is 29.3. The number of esters is 4. The van der Waals surface area contributed by atoms with Gasteiger partial charge in [0.1, 0.15) is 12.7 Å². The van der Waals surface area contributed by atoms with Gasteiger partial charge in [0.2, 0.25) is 0 Å². The molecule has 136 valence electrons. The van der Waals surface area contributed by atoms with Crippen molar-refractivity contribution in [3.05, 3.63) is 0 Å². The number of alkyl halides is 1. The smallest absolute Gasteiger partial charge is 0.303 e. The molecule has 1 heterocycles. The molecular formula is C14H19BrO9. The number of hydrogen-bond donors (Lipinski definition) is 0. The van der Waals surface area contributed by atoms with E-state index in [2.05, 4.69) is 15.9 Å². The van der Waals surface area contributed by atoms with Gasteiger partial charge >= 0.3 is 23.9 Å². The van der Waals surface area contributed by atoms with E-state index in [4.69, 9.17) is 23.7 Å². The molecule has 0 aliphatic carbocycles. The van der Waals surface area contributed by atoms with Gasteiger partial charge < -0.3 is 23.7 Å². The van der Waals surface area contributed by atoms with Gasteiger partial charge in [-0.05, 0) is 0 Å². The molecule has 0 aromatic carbocycles. The molecule has 5 atom stereocenters. The van der Waals surface area contributed by atoms with E-state index in [-0.39, 0.29) is 6.61 Å². The lowest BCUT2D eigenvalue weighted by Gasteiger charge is -2.42. The number of halogens is 1. The molecule has 0 amide bonds. The fraction of sp³-hybridized carbons (Fsp3) is 0.714. The van der Waals surface area contributed by atoms with Crippen molar-refractivity contribution in [2.75, 3.05) is 6.61 Å². The summed E-state index contributed by atoms with van der Waals surface area (Å²) >= 11 is 3.18. The minimum atomic E-state index is -1.13. The van der Waals surface area contributed by atoms with E-state index in [0.29, 0.717) is 0 Å². The zero-order valence-electron chi connectivity index (χ0n) is 13.6. The summed E-state index contributed by atoms with van der Waals surface area (Å²) in [6.45, 7) is 4.47. The summed E-state index contributed by atoms with van der Waals surface area (Å²) in [5, 5.41) is -0.863. The molecule has 0 N–H and O–H groups in total. The number of hydrogen-bond acceptors (Lipinski definition) is 9. The Morgan fingerprint density at radius 1 is 0.792 bits per heavy atom. The Labute approximate surface area is 147 Å².